The van der Waals surface area contributed by atoms with Crippen molar-refractivity contribution < 1.29 is 23.9 Å². The average molecular weight is 540 g/mol. The molecular formula is C31H45N3O5. The van der Waals surface area contributed by atoms with Crippen molar-refractivity contribution in [2.75, 3.05) is 32.8 Å². The number of fused-ring (bicyclic) bond motifs is 1. The quantitative estimate of drug-likeness (QED) is 0.541. The minimum atomic E-state index is -0.624. The number of carbonyl (C=O) groups excluding carboxylic acids is 3. The van der Waals surface area contributed by atoms with Crippen molar-refractivity contribution in [3.8, 4) is 0 Å². The zero-order valence-corrected chi connectivity index (χ0v) is 23.8. The van der Waals surface area contributed by atoms with Gasteiger partial charge in [0.1, 0.15) is 24.9 Å². The van der Waals surface area contributed by atoms with Crippen LogP contribution in [0, 0.1) is 5.92 Å². The van der Waals surface area contributed by atoms with Crippen molar-refractivity contribution in [1.29, 1.82) is 0 Å². The molecule has 0 unspecified atom stereocenters. The number of primary amides is 1. The van der Waals surface area contributed by atoms with E-state index in [1.807, 2.05) is 19.1 Å². The second-order valence-corrected chi connectivity index (χ2v) is 12.2. The first-order valence-electron chi connectivity index (χ1n) is 15.0. The van der Waals surface area contributed by atoms with E-state index in [9.17, 15) is 14.4 Å². The molecule has 1 aliphatic carbocycles. The van der Waals surface area contributed by atoms with Crippen LogP contribution in [0.15, 0.2) is 18.2 Å². The lowest BCUT2D eigenvalue weighted by atomic mass is 9.73. The summed E-state index contributed by atoms with van der Waals surface area (Å²) in [5, 5.41) is 0. The molecule has 3 saturated heterocycles. The molecule has 1 aromatic rings. The van der Waals surface area contributed by atoms with E-state index < -0.39 is 24.0 Å². The predicted molar refractivity (Wildman–Crippen MR) is 149 cm³/mol. The molecule has 3 aliphatic heterocycles. The van der Waals surface area contributed by atoms with Gasteiger partial charge in [0.2, 0.25) is 11.8 Å². The monoisotopic (exact) mass is 539 g/mol. The van der Waals surface area contributed by atoms with Crippen LogP contribution in [0.2, 0.25) is 0 Å². The topological polar surface area (TPSA) is 102 Å². The van der Waals surface area contributed by atoms with Gasteiger partial charge in [-0.15, -0.1) is 0 Å². The number of piperidine rings is 1. The number of amides is 2. The SMILES string of the molecule is CCO[C@H]1CN(C(=O)[C@H](c2cc(C3CCN(C(C)C)CC3)ccc2C(N)=O)C2CCCCC2)[C@@H]2C(=O)CO[C@H]12. The van der Waals surface area contributed by atoms with E-state index in [0.29, 0.717) is 30.7 Å². The highest BCUT2D eigenvalue weighted by Gasteiger charge is 2.54. The number of hydrogen-bond donors (Lipinski definition) is 1. The molecule has 4 atom stereocenters. The summed E-state index contributed by atoms with van der Waals surface area (Å²) in [5.41, 5.74) is 8.27. The Hall–Kier alpha value is -2.29. The van der Waals surface area contributed by atoms with Gasteiger partial charge in [0.05, 0.1) is 12.5 Å². The Morgan fingerprint density at radius 3 is 2.46 bits per heavy atom. The van der Waals surface area contributed by atoms with E-state index in [-0.39, 0.29) is 30.3 Å². The number of nitrogens with two attached hydrogens (primary N) is 1. The van der Waals surface area contributed by atoms with Gasteiger partial charge in [-0.05, 0) is 88.6 Å². The zero-order valence-electron chi connectivity index (χ0n) is 23.8. The standard InChI is InChI=1S/C31H45N3O5/c1-4-38-26-17-34(28-25(35)18-39-29(26)28)31(37)27(21-8-6-5-7-9-21)24-16-22(10-11-23(24)30(32)36)20-12-14-33(15-13-20)19(2)3/h10-11,16,19-21,26-29H,4-9,12-15,17-18H2,1-3H3,(H2,32,36)/t26-,27-,28+,29+/m0/s1. The lowest BCUT2D eigenvalue weighted by Gasteiger charge is -2.36. The number of benzene rings is 1. The Morgan fingerprint density at radius 2 is 1.82 bits per heavy atom. The molecule has 1 saturated carbocycles. The molecular weight excluding hydrogens is 494 g/mol. The molecule has 8 heteroatoms. The van der Waals surface area contributed by atoms with Crippen molar-refractivity contribution in [3.63, 3.8) is 0 Å². The molecule has 8 nitrogen and oxygen atoms in total. The number of nitrogens with zero attached hydrogens (tertiary/aromatic N) is 2. The Bertz CT molecular complexity index is 1060. The average Bonchev–Trinajstić information content (AvgIpc) is 3.50. The predicted octanol–water partition coefficient (Wildman–Crippen LogP) is 3.62. The Morgan fingerprint density at radius 1 is 1.10 bits per heavy atom. The van der Waals surface area contributed by atoms with Gasteiger partial charge in [-0.2, -0.15) is 0 Å². The second-order valence-electron chi connectivity index (χ2n) is 12.2. The first-order chi connectivity index (χ1) is 18.8. The van der Waals surface area contributed by atoms with Crippen molar-refractivity contribution in [1.82, 2.24) is 9.80 Å². The minimum Gasteiger partial charge on any atom is -0.374 e. The smallest absolute Gasteiger partial charge is 0.249 e. The number of Topliss-reactive ketones (excluding diaryl/α,β-unsaturated/α-hetero) is 1. The van der Waals surface area contributed by atoms with E-state index in [0.717, 1.165) is 63.6 Å². The molecule has 4 fully saturated rings. The van der Waals surface area contributed by atoms with Crippen LogP contribution in [-0.4, -0.2) is 84.5 Å². The van der Waals surface area contributed by atoms with E-state index in [4.69, 9.17) is 15.2 Å². The highest BCUT2D eigenvalue weighted by molar-refractivity contribution is 5.99. The van der Waals surface area contributed by atoms with E-state index >= 15 is 0 Å². The van der Waals surface area contributed by atoms with Crippen molar-refractivity contribution >= 4 is 17.6 Å². The number of carbonyl (C=O) groups is 3. The van der Waals surface area contributed by atoms with E-state index in [1.165, 1.54) is 5.56 Å². The summed E-state index contributed by atoms with van der Waals surface area (Å²) >= 11 is 0. The first kappa shape index (κ1) is 28.2. The van der Waals surface area contributed by atoms with Crippen molar-refractivity contribution in [2.45, 2.75) is 102 Å². The third-order valence-electron chi connectivity index (χ3n) is 9.60. The highest BCUT2D eigenvalue weighted by Crippen LogP contribution is 2.42. The summed E-state index contributed by atoms with van der Waals surface area (Å²) in [7, 11) is 0. The third-order valence-corrected chi connectivity index (χ3v) is 9.60. The fourth-order valence-electron chi connectivity index (χ4n) is 7.50. The Labute approximate surface area is 232 Å². The number of ketones is 1. The van der Waals surface area contributed by atoms with Gasteiger partial charge in [0, 0.05) is 18.2 Å². The number of rotatable bonds is 8. The zero-order chi connectivity index (χ0) is 27.7. The maximum Gasteiger partial charge on any atom is 0.249 e. The lowest BCUT2D eigenvalue weighted by Crippen LogP contribution is -2.46. The fraction of sp³-hybridized carbons (Fsp3) is 0.710. The first-order valence-corrected chi connectivity index (χ1v) is 15.0. The molecule has 0 bridgehead atoms. The molecule has 5 rings (SSSR count). The van der Waals surface area contributed by atoms with Crippen molar-refractivity contribution in [3.05, 3.63) is 34.9 Å². The Kier molecular flexibility index (Phi) is 8.74. The third kappa shape index (κ3) is 5.66. The summed E-state index contributed by atoms with van der Waals surface area (Å²) in [4.78, 5) is 44.4. The summed E-state index contributed by atoms with van der Waals surface area (Å²) in [6.45, 7) is 9.29. The summed E-state index contributed by atoms with van der Waals surface area (Å²) in [5.74, 6) is -0.703. The van der Waals surface area contributed by atoms with Crippen LogP contribution in [0.4, 0.5) is 0 Å². The van der Waals surface area contributed by atoms with Crippen LogP contribution in [0.3, 0.4) is 0 Å². The van der Waals surface area contributed by atoms with Gasteiger partial charge in [0.15, 0.2) is 5.78 Å². The molecule has 0 radical (unpaired) electrons. The largest absolute Gasteiger partial charge is 0.374 e. The van der Waals surface area contributed by atoms with Gasteiger partial charge in [0.25, 0.3) is 0 Å². The van der Waals surface area contributed by atoms with Crippen LogP contribution >= 0.6 is 0 Å². The van der Waals surface area contributed by atoms with E-state index in [1.54, 1.807) is 4.90 Å². The maximum atomic E-state index is 14.6. The second kappa shape index (κ2) is 12.1. The van der Waals surface area contributed by atoms with E-state index in [2.05, 4.69) is 24.8 Å². The van der Waals surface area contributed by atoms with Gasteiger partial charge >= 0.3 is 0 Å². The van der Waals surface area contributed by atoms with Crippen LogP contribution in [-0.2, 0) is 19.1 Å². The number of ether oxygens (including phenoxy) is 2. The van der Waals surface area contributed by atoms with Crippen LogP contribution in [0.5, 0.6) is 0 Å². The molecule has 3 heterocycles. The molecule has 214 valence electrons. The normalized spacial score (nSPS) is 27.7. The molecule has 39 heavy (non-hydrogen) atoms. The molecule has 2 N–H and O–H groups in total. The van der Waals surface area contributed by atoms with Gasteiger partial charge in [-0.25, -0.2) is 0 Å². The summed E-state index contributed by atoms with van der Waals surface area (Å²) < 4.78 is 11.7. The van der Waals surface area contributed by atoms with Gasteiger partial charge in [-0.1, -0.05) is 31.4 Å². The minimum absolute atomic E-state index is 0.00782. The summed E-state index contributed by atoms with van der Waals surface area (Å²) in [6, 6.07) is 5.88. The molecule has 2 amide bonds. The van der Waals surface area contributed by atoms with Crippen LogP contribution in [0.1, 0.15) is 99.0 Å². The van der Waals surface area contributed by atoms with Crippen LogP contribution in [0.25, 0.3) is 0 Å². The molecule has 0 aromatic heterocycles. The maximum absolute atomic E-state index is 14.6. The van der Waals surface area contributed by atoms with Crippen molar-refractivity contribution in [2.24, 2.45) is 11.7 Å². The molecule has 4 aliphatic rings. The Balaban J connectivity index is 1.51. The number of hydrogen-bond acceptors (Lipinski definition) is 6. The number of likely N-dealkylation sites (tertiary alicyclic amines) is 2. The van der Waals surface area contributed by atoms with Gasteiger partial charge in [-0.3, -0.25) is 14.4 Å². The van der Waals surface area contributed by atoms with Crippen LogP contribution < -0.4 is 5.73 Å². The van der Waals surface area contributed by atoms with Gasteiger partial charge < -0.3 is 25.0 Å². The molecule has 0 spiro atoms. The lowest BCUT2D eigenvalue weighted by molar-refractivity contribution is -0.139. The summed E-state index contributed by atoms with van der Waals surface area (Å²) in [6.07, 6.45) is 6.46. The molecule has 1 aromatic carbocycles. The highest BCUT2D eigenvalue weighted by atomic mass is 16.6. The fourth-order valence-corrected chi connectivity index (χ4v) is 7.50.